The summed E-state index contributed by atoms with van der Waals surface area (Å²) in [5, 5.41) is 10.7. The number of hydrogen-bond donors (Lipinski definition) is 1. The second-order valence-electron chi connectivity index (χ2n) is 6.53. The van der Waals surface area contributed by atoms with Gasteiger partial charge in [-0.1, -0.05) is 11.8 Å². The van der Waals surface area contributed by atoms with Crippen LogP contribution in [0.25, 0.3) is 15.9 Å². The zero-order valence-electron chi connectivity index (χ0n) is 13.1. The lowest BCUT2D eigenvalue weighted by molar-refractivity contribution is -0.115. The molecule has 3 heterocycles. The van der Waals surface area contributed by atoms with Gasteiger partial charge in [0.05, 0.1) is 11.1 Å². The van der Waals surface area contributed by atoms with Crippen molar-refractivity contribution in [2.45, 2.75) is 49.6 Å². The van der Waals surface area contributed by atoms with Crippen molar-refractivity contribution in [1.29, 1.82) is 0 Å². The number of thiophene rings is 1. The Morgan fingerprint density at radius 2 is 2.12 bits per heavy atom. The van der Waals surface area contributed by atoms with Gasteiger partial charge >= 0.3 is 0 Å². The number of carbonyl (C=O) groups is 1. The van der Waals surface area contributed by atoms with E-state index < -0.39 is 0 Å². The number of fused-ring (bicyclic) bond motifs is 5. The van der Waals surface area contributed by atoms with Crippen LogP contribution in [0.3, 0.4) is 0 Å². The molecule has 0 aromatic carbocycles. The Labute approximate surface area is 146 Å². The molecule has 0 spiro atoms. The monoisotopic (exact) mass is 359 g/mol. The predicted molar refractivity (Wildman–Crippen MR) is 94.7 cm³/mol. The van der Waals surface area contributed by atoms with Gasteiger partial charge in [0.2, 0.25) is 5.91 Å². The summed E-state index contributed by atoms with van der Waals surface area (Å²) in [5.74, 6) is 1.41. The lowest BCUT2D eigenvalue weighted by Crippen LogP contribution is -2.13. The van der Waals surface area contributed by atoms with Crippen LogP contribution in [0.2, 0.25) is 0 Å². The van der Waals surface area contributed by atoms with Crippen molar-refractivity contribution < 1.29 is 4.79 Å². The maximum Gasteiger partial charge on any atom is 0.227 e. The lowest BCUT2D eigenvalue weighted by atomic mass is 9.97. The van der Waals surface area contributed by atoms with E-state index in [-0.39, 0.29) is 11.7 Å². The smallest absolute Gasteiger partial charge is 0.227 e. The molecule has 0 atom stereocenters. The van der Waals surface area contributed by atoms with Crippen molar-refractivity contribution in [2.24, 2.45) is 5.73 Å². The van der Waals surface area contributed by atoms with Crippen LogP contribution < -0.4 is 5.73 Å². The summed E-state index contributed by atoms with van der Waals surface area (Å²) < 4.78 is 2.08. The maximum absolute atomic E-state index is 11.2. The van der Waals surface area contributed by atoms with E-state index in [0.717, 1.165) is 47.1 Å². The first-order valence-corrected chi connectivity index (χ1v) is 10.1. The summed E-state index contributed by atoms with van der Waals surface area (Å²) in [6, 6.07) is 0. The molecule has 1 saturated carbocycles. The van der Waals surface area contributed by atoms with Crippen LogP contribution in [0.15, 0.2) is 5.16 Å². The normalized spacial score (nSPS) is 17.5. The van der Waals surface area contributed by atoms with Gasteiger partial charge in [0.1, 0.15) is 10.7 Å². The zero-order chi connectivity index (χ0) is 16.3. The van der Waals surface area contributed by atoms with Crippen LogP contribution in [0.1, 0.15) is 47.9 Å². The summed E-state index contributed by atoms with van der Waals surface area (Å²) in [6.07, 6.45) is 7.07. The first kappa shape index (κ1) is 14.7. The van der Waals surface area contributed by atoms with Crippen molar-refractivity contribution in [2.75, 3.05) is 5.75 Å². The highest BCUT2D eigenvalue weighted by Gasteiger charge is 2.32. The fourth-order valence-electron chi connectivity index (χ4n) is 3.50. The number of nitrogens with two attached hydrogens (primary N) is 1. The van der Waals surface area contributed by atoms with E-state index in [1.165, 1.54) is 40.4 Å². The van der Waals surface area contributed by atoms with Crippen LogP contribution in [0.5, 0.6) is 0 Å². The van der Waals surface area contributed by atoms with Crippen molar-refractivity contribution in [1.82, 2.24) is 19.6 Å². The molecule has 0 aliphatic heterocycles. The van der Waals surface area contributed by atoms with Gasteiger partial charge in [-0.2, -0.15) is 0 Å². The van der Waals surface area contributed by atoms with Crippen LogP contribution in [0, 0.1) is 0 Å². The highest BCUT2D eigenvalue weighted by molar-refractivity contribution is 7.99. The van der Waals surface area contributed by atoms with E-state index in [2.05, 4.69) is 14.6 Å². The minimum absolute atomic E-state index is 0.213. The van der Waals surface area contributed by atoms with Crippen molar-refractivity contribution in [3.05, 3.63) is 16.3 Å². The zero-order valence-corrected chi connectivity index (χ0v) is 14.8. The Morgan fingerprint density at radius 1 is 1.29 bits per heavy atom. The number of rotatable bonds is 4. The lowest BCUT2D eigenvalue weighted by Gasteiger charge is -2.11. The highest BCUT2D eigenvalue weighted by atomic mass is 32.2. The standard InChI is InChI=1S/C16H17N5OS2/c17-11(22)7-23-16-20-19-14-12-9-3-1-2-4-10(9)24-15(12)18-13(21(14)16)8-5-6-8/h8H,1-7H2,(H2,17,22). The molecular weight excluding hydrogens is 342 g/mol. The van der Waals surface area contributed by atoms with Gasteiger partial charge in [-0.3, -0.25) is 9.20 Å². The number of aromatic nitrogens is 4. The van der Waals surface area contributed by atoms with Crippen LogP contribution in [-0.2, 0) is 17.6 Å². The van der Waals surface area contributed by atoms with Crippen LogP contribution >= 0.6 is 23.1 Å². The molecule has 2 aliphatic rings. The average molecular weight is 359 g/mol. The molecule has 2 aliphatic carbocycles. The van der Waals surface area contributed by atoms with Crippen LogP contribution in [-0.4, -0.2) is 31.2 Å². The van der Waals surface area contributed by atoms with E-state index in [9.17, 15) is 4.79 Å². The summed E-state index contributed by atoms with van der Waals surface area (Å²) in [6.45, 7) is 0. The molecule has 8 heteroatoms. The number of thioether (sulfide) groups is 1. The summed E-state index contributed by atoms with van der Waals surface area (Å²) in [7, 11) is 0. The van der Waals surface area contributed by atoms with Gasteiger partial charge in [0, 0.05) is 10.8 Å². The number of hydrogen-bond acceptors (Lipinski definition) is 6. The number of aryl methyl sites for hydroxylation is 2. The molecule has 124 valence electrons. The first-order valence-electron chi connectivity index (χ1n) is 8.32. The number of primary amides is 1. The maximum atomic E-state index is 11.2. The third kappa shape index (κ3) is 2.23. The Balaban J connectivity index is 1.77. The molecule has 0 saturated heterocycles. The van der Waals surface area contributed by atoms with Gasteiger partial charge in [0.25, 0.3) is 0 Å². The molecule has 3 aromatic rings. The van der Waals surface area contributed by atoms with E-state index in [1.54, 1.807) is 0 Å². The van der Waals surface area contributed by atoms with Gasteiger partial charge in [0.15, 0.2) is 10.8 Å². The summed E-state index contributed by atoms with van der Waals surface area (Å²) in [5.41, 5.74) is 7.62. The van der Waals surface area contributed by atoms with Crippen molar-refractivity contribution >= 4 is 44.9 Å². The predicted octanol–water partition coefficient (Wildman–Crippen LogP) is 2.67. The fourth-order valence-corrected chi connectivity index (χ4v) is 5.44. The number of nitrogens with zero attached hydrogens (tertiary/aromatic N) is 4. The second-order valence-corrected chi connectivity index (χ2v) is 8.56. The second kappa shape index (κ2) is 5.42. The molecular formula is C16H17N5OS2. The third-order valence-corrected chi connectivity index (χ3v) is 6.88. The van der Waals surface area contributed by atoms with E-state index in [4.69, 9.17) is 10.7 Å². The van der Waals surface area contributed by atoms with Gasteiger partial charge in [-0.05, 0) is 44.1 Å². The molecule has 5 rings (SSSR count). The van der Waals surface area contributed by atoms with E-state index in [1.807, 2.05) is 11.3 Å². The topological polar surface area (TPSA) is 86.2 Å². The molecule has 1 fully saturated rings. The summed E-state index contributed by atoms with van der Waals surface area (Å²) in [4.78, 5) is 18.7. The summed E-state index contributed by atoms with van der Waals surface area (Å²) >= 11 is 3.18. The van der Waals surface area contributed by atoms with Crippen molar-refractivity contribution in [3.8, 4) is 0 Å². The average Bonchev–Trinajstić information content (AvgIpc) is 3.22. The van der Waals surface area contributed by atoms with Gasteiger partial charge in [-0.25, -0.2) is 4.98 Å². The minimum Gasteiger partial charge on any atom is -0.369 e. The first-order chi connectivity index (χ1) is 11.7. The molecule has 3 aromatic heterocycles. The Morgan fingerprint density at radius 3 is 2.92 bits per heavy atom. The van der Waals surface area contributed by atoms with E-state index in [0.29, 0.717) is 5.92 Å². The molecule has 2 N–H and O–H groups in total. The molecule has 0 unspecified atom stereocenters. The van der Waals surface area contributed by atoms with Crippen LogP contribution in [0.4, 0.5) is 0 Å². The minimum atomic E-state index is -0.341. The van der Waals surface area contributed by atoms with E-state index >= 15 is 0 Å². The quantitative estimate of drug-likeness (QED) is 0.724. The number of carbonyl (C=O) groups excluding carboxylic acids is 1. The Kier molecular flexibility index (Phi) is 3.31. The number of amides is 1. The van der Waals surface area contributed by atoms with Gasteiger partial charge < -0.3 is 5.73 Å². The molecule has 0 bridgehead atoms. The molecule has 6 nitrogen and oxygen atoms in total. The Bertz CT molecular complexity index is 972. The largest absolute Gasteiger partial charge is 0.369 e. The molecule has 0 radical (unpaired) electrons. The third-order valence-electron chi connectivity index (χ3n) is 4.74. The van der Waals surface area contributed by atoms with Gasteiger partial charge in [-0.15, -0.1) is 21.5 Å². The molecule has 24 heavy (non-hydrogen) atoms. The Hall–Kier alpha value is -1.67. The molecule has 1 amide bonds. The SMILES string of the molecule is NC(=O)CSc1nnc2c3c4c(sc3nc(C3CC3)n12)CCCC4. The highest BCUT2D eigenvalue weighted by Crippen LogP contribution is 2.44. The van der Waals surface area contributed by atoms with Crippen molar-refractivity contribution in [3.63, 3.8) is 0 Å². The fraction of sp³-hybridized carbons (Fsp3) is 0.500.